The minimum Gasteiger partial charge on any atom is -0.504 e. The molecule has 0 bridgehead atoms. The molecular formula is C10H13NO5. The molecule has 0 aliphatic heterocycles. The molecule has 88 valence electrons. The lowest BCUT2D eigenvalue weighted by Crippen LogP contribution is -2.37. The Hall–Kier alpha value is -1.79. The first-order chi connectivity index (χ1) is 8.14. The third kappa shape index (κ3) is 2.41. The molecule has 0 aliphatic carbocycles. The van der Waals surface area contributed by atoms with Crippen LogP contribution in [0.3, 0.4) is 0 Å². The van der Waals surface area contributed by atoms with Gasteiger partial charge in [-0.1, -0.05) is 6.07 Å². The Bertz CT molecular complexity index is 475. The van der Waals surface area contributed by atoms with Crippen LogP contribution < -0.4 is 5.73 Å². The fourth-order valence-electron chi connectivity index (χ4n) is 1.03. The average Bonchev–Trinajstić information content (AvgIpc) is 2.31. The van der Waals surface area contributed by atoms with Gasteiger partial charge in [-0.3, -0.25) is 4.79 Å². The highest BCUT2D eigenvalue weighted by Gasteiger charge is 2.25. The van der Waals surface area contributed by atoms with Crippen LogP contribution in [-0.4, -0.2) is 34.4 Å². The summed E-state index contributed by atoms with van der Waals surface area (Å²) in [6.07, 6.45) is -2.86. The molecule has 0 radical (unpaired) electrons. The largest absolute Gasteiger partial charge is 0.504 e. The van der Waals surface area contributed by atoms with Crippen molar-refractivity contribution < 1.29 is 27.6 Å². The van der Waals surface area contributed by atoms with Gasteiger partial charge in [-0.15, -0.1) is 0 Å². The minimum absolute atomic E-state index is 0.333. The zero-order valence-electron chi connectivity index (χ0n) is 10.5. The summed E-state index contributed by atoms with van der Waals surface area (Å²) in [5.41, 5.74) is 4.95. The quantitative estimate of drug-likeness (QED) is 0.415. The van der Waals surface area contributed by atoms with Crippen molar-refractivity contribution in [2.45, 2.75) is 12.1 Å². The first kappa shape index (κ1) is 9.44. The summed E-state index contributed by atoms with van der Waals surface area (Å²) in [4.78, 5) is 11.3. The number of esters is 1. The second-order valence-corrected chi connectivity index (χ2v) is 2.96. The lowest BCUT2D eigenvalue weighted by Gasteiger charge is -2.17. The SMILES string of the molecule is [2H][C@](O)(c1ccc(O)c(O)c1)[C@]([2H])(N)C(=O)OC. The Morgan fingerprint density at radius 1 is 1.50 bits per heavy atom. The molecule has 16 heavy (non-hydrogen) atoms. The van der Waals surface area contributed by atoms with Crippen LogP contribution in [0.15, 0.2) is 18.2 Å². The van der Waals surface area contributed by atoms with Crippen molar-refractivity contribution in [2.24, 2.45) is 5.73 Å². The Labute approximate surface area is 94.7 Å². The molecule has 2 atom stereocenters. The van der Waals surface area contributed by atoms with Crippen molar-refractivity contribution in [3.05, 3.63) is 23.8 Å². The van der Waals surface area contributed by atoms with Crippen LogP contribution >= 0.6 is 0 Å². The van der Waals surface area contributed by atoms with Gasteiger partial charge in [0.05, 0.1) is 9.85 Å². The molecule has 0 aromatic heterocycles. The highest BCUT2D eigenvalue weighted by atomic mass is 16.5. The Kier molecular flexibility index (Phi) is 2.84. The van der Waals surface area contributed by atoms with E-state index in [1.54, 1.807) is 0 Å². The van der Waals surface area contributed by atoms with Crippen molar-refractivity contribution in [2.75, 3.05) is 7.11 Å². The van der Waals surface area contributed by atoms with E-state index in [4.69, 9.17) is 13.6 Å². The highest BCUT2D eigenvalue weighted by Crippen LogP contribution is 2.28. The third-order valence-electron chi connectivity index (χ3n) is 1.91. The molecule has 1 aromatic rings. The maximum absolute atomic E-state index is 11.3. The molecule has 1 aromatic carbocycles. The Balaban J connectivity index is 3.27. The van der Waals surface area contributed by atoms with E-state index in [-0.39, 0.29) is 5.56 Å². The Morgan fingerprint density at radius 2 is 2.12 bits per heavy atom. The number of carbonyl (C=O) groups is 1. The molecule has 0 saturated heterocycles. The molecule has 6 nitrogen and oxygen atoms in total. The summed E-state index contributed by atoms with van der Waals surface area (Å²) in [7, 11) is 0.961. The van der Waals surface area contributed by atoms with E-state index in [1.807, 2.05) is 0 Å². The molecule has 0 amide bonds. The molecular weight excluding hydrogens is 214 g/mol. The minimum atomic E-state index is -2.86. The number of phenolic OH excluding ortho intramolecular Hbond substituents is 2. The summed E-state index contributed by atoms with van der Waals surface area (Å²) in [6, 6.07) is 0.102. The van der Waals surface area contributed by atoms with E-state index in [1.165, 1.54) is 0 Å². The lowest BCUT2D eigenvalue weighted by molar-refractivity contribution is -0.145. The molecule has 5 N–H and O–H groups in total. The first-order valence-corrected chi connectivity index (χ1v) is 4.26. The van der Waals surface area contributed by atoms with Crippen molar-refractivity contribution in [3.63, 3.8) is 0 Å². The number of hydrogen-bond acceptors (Lipinski definition) is 6. The Morgan fingerprint density at radius 3 is 2.62 bits per heavy atom. The summed E-state index contributed by atoms with van der Waals surface area (Å²) >= 11 is 0. The predicted molar refractivity (Wildman–Crippen MR) is 54.7 cm³/mol. The van der Waals surface area contributed by atoms with Gasteiger partial charge in [0.25, 0.3) is 0 Å². The number of phenols is 2. The van der Waals surface area contributed by atoms with Crippen molar-refractivity contribution in [1.29, 1.82) is 0 Å². The molecule has 1 rings (SSSR count). The number of nitrogens with two attached hydrogens (primary N) is 1. The molecule has 0 saturated carbocycles. The summed E-state index contributed by atoms with van der Waals surface area (Å²) in [5, 5.41) is 28.3. The maximum atomic E-state index is 11.3. The molecule has 0 spiro atoms. The number of methoxy groups -OCH3 is 1. The van der Waals surface area contributed by atoms with Gasteiger partial charge in [0.2, 0.25) is 0 Å². The van der Waals surface area contributed by atoms with E-state index in [0.29, 0.717) is 0 Å². The smallest absolute Gasteiger partial charge is 0.325 e. The number of hydrogen-bond donors (Lipinski definition) is 4. The fourth-order valence-corrected chi connectivity index (χ4v) is 1.03. The van der Waals surface area contributed by atoms with E-state index >= 15 is 0 Å². The van der Waals surface area contributed by atoms with Crippen LogP contribution in [0.4, 0.5) is 0 Å². The number of rotatable bonds is 3. The molecule has 0 heterocycles. The van der Waals surface area contributed by atoms with Crippen LogP contribution in [0.2, 0.25) is 0 Å². The maximum Gasteiger partial charge on any atom is 0.325 e. The number of aromatic hydroxyl groups is 2. The normalized spacial score (nSPS) is 19.9. The van der Waals surface area contributed by atoms with Gasteiger partial charge in [0.1, 0.15) is 12.1 Å². The van der Waals surface area contributed by atoms with E-state index < -0.39 is 29.6 Å². The highest BCUT2D eigenvalue weighted by molar-refractivity contribution is 5.76. The summed E-state index contributed by atoms with van der Waals surface area (Å²) < 4.78 is 19.4. The van der Waals surface area contributed by atoms with Gasteiger partial charge in [0.15, 0.2) is 11.5 Å². The summed E-state index contributed by atoms with van der Waals surface area (Å²) in [6.45, 7) is 0. The average molecular weight is 229 g/mol. The fraction of sp³-hybridized carbons (Fsp3) is 0.300. The van der Waals surface area contributed by atoms with Crippen LogP contribution in [0, 0.1) is 0 Å². The molecule has 0 unspecified atom stereocenters. The van der Waals surface area contributed by atoms with Crippen LogP contribution in [0.5, 0.6) is 11.5 Å². The van der Waals surface area contributed by atoms with Gasteiger partial charge in [0, 0.05) is 0 Å². The van der Waals surface area contributed by atoms with Gasteiger partial charge in [-0.2, -0.15) is 0 Å². The van der Waals surface area contributed by atoms with E-state index in [9.17, 15) is 15.0 Å². The van der Waals surface area contributed by atoms with Gasteiger partial charge in [-0.25, -0.2) is 0 Å². The van der Waals surface area contributed by atoms with Gasteiger partial charge < -0.3 is 25.8 Å². The van der Waals surface area contributed by atoms with Crippen molar-refractivity contribution in [3.8, 4) is 11.5 Å². The molecule has 0 fully saturated rings. The van der Waals surface area contributed by atoms with E-state index in [2.05, 4.69) is 4.74 Å². The lowest BCUT2D eigenvalue weighted by atomic mass is 10.0. The predicted octanol–water partition coefficient (Wildman–Crippen LogP) is -0.369. The van der Waals surface area contributed by atoms with Crippen molar-refractivity contribution >= 4 is 5.97 Å². The van der Waals surface area contributed by atoms with E-state index in [0.717, 1.165) is 25.3 Å². The van der Waals surface area contributed by atoms with Gasteiger partial charge in [-0.05, 0) is 17.7 Å². The van der Waals surface area contributed by atoms with Crippen LogP contribution in [-0.2, 0) is 9.53 Å². The number of ether oxygens (including phenoxy) is 1. The van der Waals surface area contributed by atoms with Crippen LogP contribution in [0.25, 0.3) is 0 Å². The second kappa shape index (κ2) is 4.82. The third-order valence-corrected chi connectivity index (χ3v) is 1.91. The molecule has 0 aliphatic rings. The number of carbonyl (C=O) groups excluding carboxylic acids is 1. The monoisotopic (exact) mass is 229 g/mol. The standard InChI is InChI=1S/C10H13NO5/c1-16-10(15)8(11)9(14)5-2-3-6(12)7(13)4-5/h2-4,8-9,12-14H,11H2,1H3/t8-,9-/m0/s1/i8D,9D. The number of aliphatic hydroxyl groups is 1. The zero-order valence-corrected chi connectivity index (χ0v) is 8.47. The first-order valence-electron chi connectivity index (χ1n) is 5.26. The van der Waals surface area contributed by atoms with Crippen LogP contribution in [0.1, 0.15) is 14.4 Å². The summed E-state index contributed by atoms with van der Waals surface area (Å²) in [5.74, 6) is -2.40. The second-order valence-electron chi connectivity index (χ2n) is 2.96. The topological polar surface area (TPSA) is 113 Å². The molecule has 6 heteroatoms. The van der Waals surface area contributed by atoms with Crippen molar-refractivity contribution in [1.82, 2.24) is 0 Å². The number of benzene rings is 1. The zero-order chi connectivity index (χ0) is 14.1. The van der Waals surface area contributed by atoms with Gasteiger partial charge >= 0.3 is 5.97 Å².